The molecule has 6 heteroatoms. The lowest BCUT2D eigenvalue weighted by atomic mass is 10.0. The number of carboxylic acids is 1. The van der Waals surface area contributed by atoms with Gasteiger partial charge < -0.3 is 14.9 Å². The van der Waals surface area contributed by atoms with Crippen molar-refractivity contribution < 1.29 is 19.2 Å². The molecule has 2 aromatic rings. The van der Waals surface area contributed by atoms with Crippen molar-refractivity contribution >= 4 is 11.9 Å². The number of aryl methyl sites for hydroxylation is 1. The van der Waals surface area contributed by atoms with Crippen LogP contribution in [-0.2, 0) is 11.2 Å². The first-order chi connectivity index (χ1) is 10.9. The maximum atomic E-state index is 12.5. The number of hydrogen-bond acceptors (Lipinski definition) is 4. The standard InChI is InChI=1S/C17H20N2O4/c1-10(2)15-14(11(3)19-23-15)16(20)18-13(17(21)22)9-12-7-5-4-6-8-12/h4-8,10,13H,9H2,1-3H3,(H,18,20)(H,21,22)/t13-/m0/s1. The fourth-order valence-corrected chi connectivity index (χ4v) is 2.34. The summed E-state index contributed by atoms with van der Waals surface area (Å²) in [4.78, 5) is 23.9. The van der Waals surface area contributed by atoms with Gasteiger partial charge in [-0.1, -0.05) is 49.3 Å². The first-order valence-electron chi connectivity index (χ1n) is 7.44. The van der Waals surface area contributed by atoms with E-state index in [4.69, 9.17) is 4.52 Å². The zero-order chi connectivity index (χ0) is 17.0. The lowest BCUT2D eigenvalue weighted by Crippen LogP contribution is -2.42. The van der Waals surface area contributed by atoms with Crippen LogP contribution in [0, 0.1) is 6.92 Å². The number of nitrogens with zero attached hydrogens (tertiary/aromatic N) is 1. The first-order valence-corrected chi connectivity index (χ1v) is 7.44. The molecule has 2 rings (SSSR count). The van der Waals surface area contributed by atoms with Crippen LogP contribution >= 0.6 is 0 Å². The van der Waals surface area contributed by atoms with Gasteiger partial charge in [-0.15, -0.1) is 0 Å². The molecule has 0 aliphatic heterocycles. The summed E-state index contributed by atoms with van der Waals surface area (Å²) in [6.07, 6.45) is 0.212. The number of carbonyl (C=O) groups is 2. The number of nitrogens with one attached hydrogen (secondary N) is 1. The van der Waals surface area contributed by atoms with Crippen LogP contribution in [-0.4, -0.2) is 28.2 Å². The highest BCUT2D eigenvalue weighted by atomic mass is 16.5. The molecule has 1 amide bonds. The third-order valence-corrected chi connectivity index (χ3v) is 3.53. The summed E-state index contributed by atoms with van der Waals surface area (Å²) in [7, 11) is 0. The Morgan fingerprint density at radius 3 is 2.48 bits per heavy atom. The number of amides is 1. The fourth-order valence-electron chi connectivity index (χ4n) is 2.34. The Bertz CT molecular complexity index is 692. The van der Waals surface area contributed by atoms with E-state index < -0.39 is 17.9 Å². The highest BCUT2D eigenvalue weighted by Gasteiger charge is 2.27. The maximum Gasteiger partial charge on any atom is 0.326 e. The molecule has 1 heterocycles. The Morgan fingerprint density at radius 2 is 1.91 bits per heavy atom. The summed E-state index contributed by atoms with van der Waals surface area (Å²) >= 11 is 0. The monoisotopic (exact) mass is 316 g/mol. The minimum absolute atomic E-state index is 0.0191. The fraction of sp³-hybridized carbons (Fsp3) is 0.353. The second-order valence-electron chi connectivity index (χ2n) is 5.72. The Morgan fingerprint density at radius 1 is 1.26 bits per heavy atom. The van der Waals surface area contributed by atoms with Gasteiger partial charge in [0, 0.05) is 12.3 Å². The minimum atomic E-state index is -1.08. The highest BCUT2D eigenvalue weighted by Crippen LogP contribution is 2.22. The molecule has 1 atom stereocenters. The van der Waals surface area contributed by atoms with Crippen molar-refractivity contribution in [3.63, 3.8) is 0 Å². The maximum absolute atomic E-state index is 12.5. The van der Waals surface area contributed by atoms with Gasteiger partial charge >= 0.3 is 5.97 Å². The van der Waals surface area contributed by atoms with Gasteiger partial charge in [-0.25, -0.2) is 4.79 Å². The molecule has 0 aliphatic carbocycles. The number of carboxylic acid groups (broad SMARTS) is 1. The Kier molecular flexibility index (Phi) is 5.16. The molecule has 1 aromatic heterocycles. The van der Waals surface area contributed by atoms with Gasteiger partial charge in [-0.3, -0.25) is 4.79 Å². The molecule has 0 spiro atoms. The van der Waals surface area contributed by atoms with Crippen molar-refractivity contribution in [1.29, 1.82) is 0 Å². The smallest absolute Gasteiger partial charge is 0.326 e. The van der Waals surface area contributed by atoms with Crippen LogP contribution in [0.5, 0.6) is 0 Å². The summed E-state index contributed by atoms with van der Waals surface area (Å²) in [5, 5.41) is 15.8. The Labute approximate surface area is 134 Å². The van der Waals surface area contributed by atoms with Gasteiger partial charge in [0.2, 0.25) is 0 Å². The Hall–Kier alpha value is -2.63. The van der Waals surface area contributed by atoms with Gasteiger partial charge in [-0.2, -0.15) is 0 Å². The predicted octanol–water partition coefficient (Wildman–Crippen LogP) is 2.53. The van der Waals surface area contributed by atoms with Crippen molar-refractivity contribution in [1.82, 2.24) is 10.5 Å². The second kappa shape index (κ2) is 7.09. The molecule has 1 aromatic carbocycles. The lowest BCUT2D eigenvalue weighted by molar-refractivity contribution is -0.139. The molecule has 0 unspecified atom stereocenters. The van der Waals surface area contributed by atoms with Crippen molar-refractivity contribution in [3.8, 4) is 0 Å². The third kappa shape index (κ3) is 3.97. The average Bonchev–Trinajstić information content (AvgIpc) is 2.89. The molecule has 0 bridgehead atoms. The largest absolute Gasteiger partial charge is 0.480 e. The quantitative estimate of drug-likeness (QED) is 0.854. The van der Waals surface area contributed by atoms with Crippen LogP contribution in [0.3, 0.4) is 0 Å². The molecule has 2 N–H and O–H groups in total. The summed E-state index contributed by atoms with van der Waals surface area (Å²) in [5.74, 6) is -1.11. The third-order valence-electron chi connectivity index (χ3n) is 3.53. The van der Waals surface area contributed by atoms with Crippen molar-refractivity contribution in [2.75, 3.05) is 0 Å². The average molecular weight is 316 g/mol. The van der Waals surface area contributed by atoms with Crippen LogP contribution in [0.4, 0.5) is 0 Å². The van der Waals surface area contributed by atoms with E-state index in [0.29, 0.717) is 17.0 Å². The summed E-state index contributed by atoms with van der Waals surface area (Å²) in [6.45, 7) is 5.43. The highest BCUT2D eigenvalue weighted by molar-refractivity contribution is 5.98. The molecule has 0 saturated heterocycles. The summed E-state index contributed by atoms with van der Waals surface area (Å²) < 4.78 is 5.18. The van der Waals surface area contributed by atoms with Crippen molar-refractivity contribution in [2.24, 2.45) is 0 Å². The van der Waals surface area contributed by atoms with Gasteiger partial charge in [0.05, 0.1) is 5.69 Å². The second-order valence-corrected chi connectivity index (χ2v) is 5.72. The first kappa shape index (κ1) is 16.7. The van der Waals surface area contributed by atoms with Gasteiger partial charge in [0.25, 0.3) is 5.91 Å². The Balaban J connectivity index is 2.19. The van der Waals surface area contributed by atoms with E-state index in [2.05, 4.69) is 10.5 Å². The molecular formula is C17H20N2O4. The molecule has 6 nitrogen and oxygen atoms in total. The van der Waals surface area contributed by atoms with Crippen molar-refractivity contribution in [2.45, 2.75) is 39.2 Å². The molecule has 0 fully saturated rings. The van der Waals surface area contributed by atoms with E-state index >= 15 is 0 Å². The SMILES string of the molecule is Cc1noc(C(C)C)c1C(=O)N[C@@H](Cc1ccccc1)C(=O)O. The zero-order valence-electron chi connectivity index (χ0n) is 13.4. The van der Waals surface area contributed by atoms with Crippen LogP contribution in [0.1, 0.15) is 47.1 Å². The number of aliphatic carboxylic acids is 1. The predicted molar refractivity (Wildman–Crippen MR) is 84.4 cm³/mol. The van der Waals surface area contributed by atoms with E-state index in [1.54, 1.807) is 6.92 Å². The van der Waals surface area contributed by atoms with E-state index in [0.717, 1.165) is 5.56 Å². The van der Waals surface area contributed by atoms with Crippen molar-refractivity contribution in [3.05, 3.63) is 52.9 Å². The van der Waals surface area contributed by atoms with Crippen LogP contribution in [0.2, 0.25) is 0 Å². The summed E-state index contributed by atoms with van der Waals surface area (Å²) in [5.41, 5.74) is 1.61. The molecule has 0 aliphatic rings. The number of hydrogen-bond donors (Lipinski definition) is 2. The number of benzene rings is 1. The number of carbonyl (C=O) groups excluding carboxylic acids is 1. The molecule has 0 saturated carbocycles. The minimum Gasteiger partial charge on any atom is -0.480 e. The number of aromatic nitrogens is 1. The molecular weight excluding hydrogens is 296 g/mol. The van der Waals surface area contributed by atoms with Crippen LogP contribution < -0.4 is 5.32 Å². The lowest BCUT2D eigenvalue weighted by Gasteiger charge is -2.15. The molecule has 122 valence electrons. The molecule has 23 heavy (non-hydrogen) atoms. The van der Waals surface area contributed by atoms with Gasteiger partial charge in [0.1, 0.15) is 11.6 Å². The van der Waals surface area contributed by atoms with Gasteiger partial charge in [0.15, 0.2) is 5.76 Å². The van der Waals surface area contributed by atoms with E-state index in [9.17, 15) is 14.7 Å². The van der Waals surface area contributed by atoms with Crippen LogP contribution in [0.15, 0.2) is 34.9 Å². The van der Waals surface area contributed by atoms with E-state index in [1.165, 1.54) is 0 Å². The molecule has 0 radical (unpaired) electrons. The van der Waals surface area contributed by atoms with Crippen LogP contribution in [0.25, 0.3) is 0 Å². The van der Waals surface area contributed by atoms with Gasteiger partial charge in [-0.05, 0) is 12.5 Å². The normalized spacial score (nSPS) is 12.2. The zero-order valence-corrected chi connectivity index (χ0v) is 13.4. The topological polar surface area (TPSA) is 92.4 Å². The van der Waals surface area contributed by atoms with E-state index in [-0.39, 0.29) is 12.3 Å². The number of rotatable bonds is 6. The van der Waals surface area contributed by atoms with E-state index in [1.807, 2.05) is 44.2 Å². The summed E-state index contributed by atoms with van der Waals surface area (Å²) in [6, 6.07) is 8.15.